The van der Waals surface area contributed by atoms with E-state index in [0.717, 1.165) is 29.2 Å². The third-order valence-electron chi connectivity index (χ3n) is 6.08. The Kier molecular flexibility index (Phi) is 6.02. The summed E-state index contributed by atoms with van der Waals surface area (Å²) >= 11 is 1.73. The highest BCUT2D eigenvalue weighted by atomic mass is 32.1. The van der Waals surface area contributed by atoms with Crippen LogP contribution in [0.4, 0.5) is 0 Å². The normalized spacial score (nSPS) is 15.6. The van der Waals surface area contributed by atoms with E-state index in [-0.39, 0.29) is 17.5 Å². The first-order valence-corrected chi connectivity index (χ1v) is 11.9. The van der Waals surface area contributed by atoms with Crippen LogP contribution in [-0.2, 0) is 6.54 Å². The van der Waals surface area contributed by atoms with Gasteiger partial charge < -0.3 is 4.90 Å². The molecule has 1 aliphatic rings. The molecule has 1 saturated heterocycles. The molecule has 0 N–H and O–H groups in total. The average molecular weight is 460 g/mol. The molecule has 1 atom stereocenters. The van der Waals surface area contributed by atoms with Gasteiger partial charge in [-0.25, -0.2) is 9.67 Å². The second-order valence-electron chi connectivity index (χ2n) is 8.22. The molecule has 5 rings (SSSR count). The Morgan fingerprint density at radius 1 is 0.970 bits per heavy atom. The van der Waals surface area contributed by atoms with Crippen molar-refractivity contribution < 1.29 is 4.79 Å². The van der Waals surface area contributed by atoms with E-state index in [1.54, 1.807) is 11.3 Å². The van der Waals surface area contributed by atoms with Gasteiger partial charge in [0.2, 0.25) is 0 Å². The topological polar surface area (TPSA) is 71.3 Å². The van der Waals surface area contributed by atoms with E-state index in [0.29, 0.717) is 25.3 Å². The van der Waals surface area contributed by atoms with Crippen molar-refractivity contribution in [1.29, 1.82) is 0 Å². The lowest BCUT2D eigenvalue weighted by Gasteiger charge is -2.37. The molecule has 8 heteroatoms. The van der Waals surface area contributed by atoms with Gasteiger partial charge in [0, 0.05) is 32.2 Å². The van der Waals surface area contributed by atoms with E-state index < -0.39 is 0 Å². The van der Waals surface area contributed by atoms with Gasteiger partial charge in [0.05, 0.1) is 22.8 Å². The van der Waals surface area contributed by atoms with Crippen molar-refractivity contribution in [3.05, 3.63) is 93.3 Å². The lowest BCUT2D eigenvalue weighted by molar-refractivity contribution is 0.0574. The molecule has 3 heterocycles. The fourth-order valence-corrected chi connectivity index (χ4v) is 5.19. The molecule has 0 bridgehead atoms. The number of carbonyl (C=O) groups excluding carboxylic acids is 1. The summed E-state index contributed by atoms with van der Waals surface area (Å²) in [5, 5.41) is 5.46. The molecule has 0 spiro atoms. The Bertz CT molecular complexity index is 1290. The molecule has 2 aromatic carbocycles. The molecule has 1 unspecified atom stereocenters. The summed E-state index contributed by atoms with van der Waals surface area (Å²) in [6, 6.07) is 21.0. The van der Waals surface area contributed by atoms with E-state index >= 15 is 0 Å². The smallest absolute Gasteiger partial charge is 0.274 e. The second-order valence-corrected chi connectivity index (χ2v) is 9.29. The fourth-order valence-electron chi connectivity index (χ4n) is 4.13. The van der Waals surface area contributed by atoms with Crippen molar-refractivity contribution in [2.45, 2.75) is 19.5 Å². The van der Waals surface area contributed by atoms with Crippen molar-refractivity contribution in [3.8, 4) is 0 Å². The highest BCUT2D eigenvalue weighted by Gasteiger charge is 2.27. The zero-order valence-electron chi connectivity index (χ0n) is 18.4. The van der Waals surface area contributed by atoms with Gasteiger partial charge in [0.1, 0.15) is 10.7 Å². The van der Waals surface area contributed by atoms with Crippen molar-refractivity contribution in [2.75, 3.05) is 26.2 Å². The molecule has 1 aliphatic heterocycles. The number of hydrogen-bond donors (Lipinski definition) is 0. The number of fused-ring (bicyclic) bond motifs is 1. The zero-order chi connectivity index (χ0) is 22.8. The molecule has 0 aliphatic carbocycles. The maximum atomic E-state index is 13.1. The van der Waals surface area contributed by atoms with E-state index in [1.165, 1.54) is 21.5 Å². The van der Waals surface area contributed by atoms with Crippen LogP contribution in [0.2, 0.25) is 0 Å². The first kappa shape index (κ1) is 21.5. The number of aromatic nitrogens is 3. The molecule has 1 amide bonds. The Hall–Kier alpha value is -3.36. The number of nitrogens with zero attached hydrogens (tertiary/aromatic N) is 5. The van der Waals surface area contributed by atoms with E-state index in [2.05, 4.69) is 23.0 Å². The van der Waals surface area contributed by atoms with E-state index in [1.807, 2.05) is 53.4 Å². The van der Waals surface area contributed by atoms with Gasteiger partial charge in [0.15, 0.2) is 0 Å². The molecule has 2 aromatic heterocycles. The van der Waals surface area contributed by atoms with Crippen LogP contribution in [-0.4, -0.2) is 56.7 Å². The average Bonchev–Trinajstić information content (AvgIpc) is 3.30. The van der Waals surface area contributed by atoms with Gasteiger partial charge in [-0.1, -0.05) is 42.5 Å². The van der Waals surface area contributed by atoms with Crippen LogP contribution in [0.15, 0.2) is 71.5 Å². The van der Waals surface area contributed by atoms with E-state index in [4.69, 9.17) is 4.98 Å². The first-order chi connectivity index (χ1) is 16.1. The summed E-state index contributed by atoms with van der Waals surface area (Å²) in [4.78, 5) is 34.3. The number of hydrogen-bond acceptors (Lipinski definition) is 6. The number of thiazole rings is 1. The van der Waals surface area contributed by atoms with Gasteiger partial charge in [-0.15, -0.1) is 11.3 Å². The number of para-hydroxylation sites is 1. The van der Waals surface area contributed by atoms with Crippen LogP contribution in [0.1, 0.15) is 34.0 Å². The number of piperazine rings is 1. The molecule has 7 nitrogen and oxygen atoms in total. The van der Waals surface area contributed by atoms with Crippen molar-refractivity contribution >= 4 is 27.5 Å². The molecule has 0 saturated carbocycles. The summed E-state index contributed by atoms with van der Waals surface area (Å²) in [5.41, 5.74) is 2.09. The maximum Gasteiger partial charge on any atom is 0.274 e. The van der Waals surface area contributed by atoms with Gasteiger partial charge in [0.25, 0.3) is 11.5 Å². The van der Waals surface area contributed by atoms with Crippen LogP contribution < -0.4 is 5.56 Å². The SMILES string of the molecule is CC(c1nc2ccccc2s1)N1CCN(C(=O)c2ccc(=O)n(Cc3ccccc3)n2)CC1. The predicted molar refractivity (Wildman–Crippen MR) is 130 cm³/mol. The number of benzene rings is 2. The molecular formula is C25H25N5O2S. The van der Waals surface area contributed by atoms with Gasteiger partial charge >= 0.3 is 0 Å². The first-order valence-electron chi connectivity index (χ1n) is 11.1. The van der Waals surface area contributed by atoms with Crippen LogP contribution in [0.3, 0.4) is 0 Å². The summed E-state index contributed by atoms with van der Waals surface area (Å²) in [5.74, 6) is -0.135. The van der Waals surface area contributed by atoms with Crippen molar-refractivity contribution in [3.63, 3.8) is 0 Å². The molecular weight excluding hydrogens is 434 g/mol. The van der Waals surface area contributed by atoms with Crippen molar-refractivity contribution in [1.82, 2.24) is 24.6 Å². The standard InChI is InChI=1S/C25H25N5O2S/c1-18(24-26-20-9-5-6-10-22(20)33-24)28-13-15-29(16-14-28)25(32)21-11-12-23(31)30(27-21)17-19-7-3-2-4-8-19/h2-12,18H,13-17H2,1H3. The van der Waals surface area contributed by atoms with Crippen LogP contribution >= 0.6 is 11.3 Å². The molecule has 168 valence electrons. The van der Waals surface area contributed by atoms with Crippen molar-refractivity contribution in [2.24, 2.45) is 0 Å². The lowest BCUT2D eigenvalue weighted by Crippen LogP contribution is -2.49. The van der Waals surface area contributed by atoms with Crippen LogP contribution in [0.5, 0.6) is 0 Å². The number of rotatable bonds is 5. The van der Waals surface area contributed by atoms with Crippen LogP contribution in [0, 0.1) is 0 Å². The fraction of sp³-hybridized carbons (Fsp3) is 0.280. The quantitative estimate of drug-likeness (QED) is 0.457. The molecule has 33 heavy (non-hydrogen) atoms. The lowest BCUT2D eigenvalue weighted by atomic mass is 10.2. The molecule has 0 radical (unpaired) electrons. The Morgan fingerprint density at radius 2 is 1.70 bits per heavy atom. The second kappa shape index (κ2) is 9.25. The largest absolute Gasteiger partial charge is 0.335 e. The maximum absolute atomic E-state index is 13.1. The Labute approximate surface area is 195 Å². The number of carbonyl (C=O) groups is 1. The molecule has 1 fully saturated rings. The monoisotopic (exact) mass is 459 g/mol. The summed E-state index contributed by atoms with van der Waals surface area (Å²) in [6.45, 7) is 5.30. The Morgan fingerprint density at radius 3 is 2.45 bits per heavy atom. The van der Waals surface area contributed by atoms with Gasteiger partial charge in [-0.3, -0.25) is 14.5 Å². The van der Waals surface area contributed by atoms with Gasteiger partial charge in [-0.05, 0) is 30.7 Å². The van der Waals surface area contributed by atoms with Gasteiger partial charge in [-0.2, -0.15) is 5.10 Å². The predicted octanol–water partition coefficient (Wildman–Crippen LogP) is 3.42. The summed E-state index contributed by atoms with van der Waals surface area (Å²) in [6.07, 6.45) is 0. The third kappa shape index (κ3) is 4.58. The molecule has 4 aromatic rings. The minimum absolute atomic E-state index is 0.135. The van der Waals surface area contributed by atoms with Crippen LogP contribution in [0.25, 0.3) is 10.2 Å². The summed E-state index contributed by atoms with van der Waals surface area (Å²) in [7, 11) is 0. The third-order valence-corrected chi connectivity index (χ3v) is 7.28. The zero-order valence-corrected chi connectivity index (χ0v) is 19.2. The Balaban J connectivity index is 1.25. The summed E-state index contributed by atoms with van der Waals surface area (Å²) < 4.78 is 2.55. The minimum Gasteiger partial charge on any atom is -0.335 e. The highest BCUT2D eigenvalue weighted by molar-refractivity contribution is 7.18. The van der Waals surface area contributed by atoms with E-state index in [9.17, 15) is 9.59 Å². The minimum atomic E-state index is -0.218. The highest BCUT2D eigenvalue weighted by Crippen LogP contribution is 2.30. The number of amides is 1.